The third-order valence-corrected chi connectivity index (χ3v) is 3.63. The molecule has 1 amide bonds. The molecule has 22 heavy (non-hydrogen) atoms. The predicted octanol–water partition coefficient (Wildman–Crippen LogP) is 4.16. The Bertz CT molecular complexity index is 628. The number of rotatable bonds is 5. The Morgan fingerprint density at radius 2 is 1.64 bits per heavy atom. The number of nitrogens with one attached hydrogen (secondary N) is 2. The lowest BCUT2D eigenvalue weighted by atomic mass is 10.1. The lowest BCUT2D eigenvalue weighted by Crippen LogP contribution is -2.39. The smallest absolute Gasteiger partial charge is 0.241 e. The van der Waals surface area contributed by atoms with Crippen molar-refractivity contribution in [1.82, 2.24) is 5.32 Å². The van der Waals surface area contributed by atoms with Crippen molar-refractivity contribution in [3.8, 4) is 0 Å². The van der Waals surface area contributed by atoms with Gasteiger partial charge in [0.2, 0.25) is 5.91 Å². The third-order valence-electron chi connectivity index (χ3n) is 3.38. The lowest BCUT2D eigenvalue weighted by Gasteiger charge is -2.20. The number of anilines is 1. The number of halogens is 2. The molecule has 0 aliphatic heterocycles. The van der Waals surface area contributed by atoms with Crippen LogP contribution in [0.15, 0.2) is 48.5 Å². The van der Waals surface area contributed by atoms with E-state index in [0.29, 0.717) is 10.7 Å². The highest BCUT2D eigenvalue weighted by molar-refractivity contribution is 6.30. The second-order valence-electron chi connectivity index (χ2n) is 5.16. The van der Waals surface area contributed by atoms with E-state index in [-0.39, 0.29) is 17.8 Å². The highest BCUT2D eigenvalue weighted by Gasteiger charge is 2.16. The first-order chi connectivity index (χ1) is 10.5. The summed E-state index contributed by atoms with van der Waals surface area (Å²) >= 11 is 5.86. The van der Waals surface area contributed by atoms with Crippen LogP contribution in [0.5, 0.6) is 0 Å². The Kier molecular flexibility index (Phi) is 5.52. The van der Waals surface area contributed by atoms with Crippen LogP contribution in [0.2, 0.25) is 5.02 Å². The second-order valence-corrected chi connectivity index (χ2v) is 5.59. The van der Waals surface area contributed by atoms with E-state index in [0.717, 1.165) is 5.56 Å². The Morgan fingerprint density at radius 3 is 2.23 bits per heavy atom. The van der Waals surface area contributed by atoms with Gasteiger partial charge in [-0.15, -0.1) is 0 Å². The van der Waals surface area contributed by atoms with Crippen molar-refractivity contribution in [3.05, 3.63) is 64.9 Å². The summed E-state index contributed by atoms with van der Waals surface area (Å²) < 4.78 is 12.8. The minimum absolute atomic E-state index is 0.00577. The molecule has 2 atom stereocenters. The van der Waals surface area contributed by atoms with Gasteiger partial charge in [0, 0.05) is 16.8 Å². The number of amides is 1. The van der Waals surface area contributed by atoms with Gasteiger partial charge in [0.25, 0.3) is 0 Å². The quantitative estimate of drug-likeness (QED) is 0.868. The van der Waals surface area contributed by atoms with E-state index in [1.807, 2.05) is 31.2 Å². The van der Waals surface area contributed by atoms with Crippen LogP contribution in [0.1, 0.15) is 25.5 Å². The van der Waals surface area contributed by atoms with E-state index < -0.39 is 6.04 Å². The second kappa shape index (κ2) is 7.38. The molecule has 0 radical (unpaired) electrons. The summed E-state index contributed by atoms with van der Waals surface area (Å²) in [4.78, 5) is 12.1. The molecule has 2 aromatic rings. The summed E-state index contributed by atoms with van der Waals surface area (Å²) in [7, 11) is 0. The summed E-state index contributed by atoms with van der Waals surface area (Å²) in [5.74, 6) is -0.507. The van der Waals surface area contributed by atoms with Crippen LogP contribution in [-0.4, -0.2) is 11.9 Å². The van der Waals surface area contributed by atoms with E-state index in [9.17, 15) is 9.18 Å². The Balaban J connectivity index is 1.93. The van der Waals surface area contributed by atoms with Crippen LogP contribution in [0, 0.1) is 5.82 Å². The van der Waals surface area contributed by atoms with Crippen LogP contribution < -0.4 is 10.6 Å². The number of hydrogen-bond acceptors (Lipinski definition) is 2. The van der Waals surface area contributed by atoms with Gasteiger partial charge >= 0.3 is 0 Å². The van der Waals surface area contributed by atoms with Gasteiger partial charge in [0.1, 0.15) is 5.82 Å². The molecule has 5 heteroatoms. The topological polar surface area (TPSA) is 41.1 Å². The van der Waals surface area contributed by atoms with Gasteiger partial charge in [-0.2, -0.15) is 0 Å². The highest BCUT2D eigenvalue weighted by Crippen LogP contribution is 2.17. The van der Waals surface area contributed by atoms with Crippen molar-refractivity contribution in [2.75, 3.05) is 5.32 Å². The maximum Gasteiger partial charge on any atom is 0.241 e. The molecule has 0 heterocycles. The molecule has 0 unspecified atom stereocenters. The number of hydrogen-bond donors (Lipinski definition) is 2. The fourth-order valence-corrected chi connectivity index (χ4v) is 2.21. The molecule has 0 fully saturated rings. The molecule has 3 nitrogen and oxygen atoms in total. The van der Waals surface area contributed by atoms with Gasteiger partial charge < -0.3 is 5.32 Å². The Labute approximate surface area is 134 Å². The van der Waals surface area contributed by atoms with Crippen LogP contribution >= 0.6 is 11.6 Å². The largest absolute Gasteiger partial charge is 0.325 e. The van der Waals surface area contributed by atoms with E-state index >= 15 is 0 Å². The average Bonchev–Trinajstić information content (AvgIpc) is 2.50. The molecule has 0 bridgehead atoms. The minimum atomic E-state index is -0.393. The van der Waals surface area contributed by atoms with E-state index in [2.05, 4.69) is 10.6 Å². The Hall–Kier alpha value is -1.91. The molecule has 2 rings (SSSR count). The summed E-state index contributed by atoms with van der Waals surface area (Å²) in [6.45, 7) is 3.76. The number of carbonyl (C=O) groups is 1. The SMILES string of the molecule is C[C@@H](N[C@H](C)c1ccc(Cl)cc1)C(=O)Nc1ccc(F)cc1. The first-order valence-corrected chi connectivity index (χ1v) is 7.41. The minimum Gasteiger partial charge on any atom is -0.325 e. The molecular formula is C17H18ClFN2O. The molecule has 0 aromatic heterocycles. The molecule has 0 aliphatic carbocycles. The zero-order chi connectivity index (χ0) is 16.1. The normalized spacial score (nSPS) is 13.5. The average molecular weight is 321 g/mol. The monoisotopic (exact) mass is 320 g/mol. The van der Waals surface area contributed by atoms with Crippen molar-refractivity contribution in [3.63, 3.8) is 0 Å². The summed E-state index contributed by atoms with van der Waals surface area (Å²) in [5, 5.41) is 6.64. The molecule has 2 aromatic carbocycles. The van der Waals surface area contributed by atoms with Gasteiger partial charge in [0.05, 0.1) is 6.04 Å². The molecule has 0 aliphatic rings. The predicted molar refractivity (Wildman–Crippen MR) is 87.5 cm³/mol. The van der Waals surface area contributed by atoms with Crippen LogP contribution in [-0.2, 0) is 4.79 Å². The molecule has 0 spiro atoms. The maximum absolute atomic E-state index is 12.8. The van der Waals surface area contributed by atoms with Crippen molar-refractivity contribution in [2.24, 2.45) is 0 Å². The van der Waals surface area contributed by atoms with Crippen LogP contribution in [0.3, 0.4) is 0 Å². The molecule has 0 saturated carbocycles. The zero-order valence-electron chi connectivity index (χ0n) is 12.4. The Morgan fingerprint density at radius 1 is 1.05 bits per heavy atom. The molecule has 2 N–H and O–H groups in total. The molecule has 116 valence electrons. The standard InChI is InChI=1S/C17H18ClFN2O/c1-11(13-3-5-14(18)6-4-13)20-12(2)17(22)21-16-9-7-15(19)8-10-16/h3-12,20H,1-2H3,(H,21,22)/t11-,12-/m1/s1. The highest BCUT2D eigenvalue weighted by atomic mass is 35.5. The maximum atomic E-state index is 12.8. The lowest BCUT2D eigenvalue weighted by molar-refractivity contribution is -0.117. The van der Waals surface area contributed by atoms with Crippen LogP contribution in [0.4, 0.5) is 10.1 Å². The van der Waals surface area contributed by atoms with E-state index in [1.165, 1.54) is 24.3 Å². The van der Waals surface area contributed by atoms with Gasteiger partial charge in [-0.25, -0.2) is 4.39 Å². The van der Waals surface area contributed by atoms with Crippen molar-refractivity contribution < 1.29 is 9.18 Å². The van der Waals surface area contributed by atoms with Gasteiger partial charge in [-0.3, -0.25) is 10.1 Å². The first-order valence-electron chi connectivity index (χ1n) is 7.03. The van der Waals surface area contributed by atoms with Crippen molar-refractivity contribution >= 4 is 23.2 Å². The summed E-state index contributed by atoms with van der Waals surface area (Å²) in [6.07, 6.45) is 0. The van der Waals surface area contributed by atoms with E-state index in [1.54, 1.807) is 6.92 Å². The van der Waals surface area contributed by atoms with Gasteiger partial charge in [0.15, 0.2) is 0 Å². The summed E-state index contributed by atoms with van der Waals surface area (Å²) in [6, 6.07) is 12.8. The molecular weight excluding hydrogens is 303 g/mol. The van der Waals surface area contributed by atoms with Crippen molar-refractivity contribution in [1.29, 1.82) is 0 Å². The fourth-order valence-electron chi connectivity index (χ4n) is 2.08. The third kappa shape index (κ3) is 4.55. The number of benzene rings is 2. The molecule has 0 saturated heterocycles. The van der Waals surface area contributed by atoms with Crippen LogP contribution in [0.25, 0.3) is 0 Å². The van der Waals surface area contributed by atoms with Gasteiger partial charge in [-0.1, -0.05) is 23.7 Å². The van der Waals surface area contributed by atoms with E-state index in [4.69, 9.17) is 11.6 Å². The van der Waals surface area contributed by atoms with Gasteiger partial charge in [-0.05, 0) is 55.8 Å². The summed E-state index contributed by atoms with van der Waals surface area (Å²) in [5.41, 5.74) is 1.62. The first kappa shape index (κ1) is 16.5. The number of carbonyl (C=O) groups excluding carboxylic acids is 1. The zero-order valence-corrected chi connectivity index (χ0v) is 13.2. The fraction of sp³-hybridized carbons (Fsp3) is 0.235. The van der Waals surface area contributed by atoms with Crippen molar-refractivity contribution in [2.45, 2.75) is 25.9 Å².